The highest BCUT2D eigenvalue weighted by molar-refractivity contribution is 9.10. The molecule has 0 saturated carbocycles. The summed E-state index contributed by atoms with van der Waals surface area (Å²) in [6.45, 7) is 3.98. The fourth-order valence-electron chi connectivity index (χ4n) is 1.69. The van der Waals surface area contributed by atoms with Gasteiger partial charge in [0.25, 0.3) is 0 Å². The highest BCUT2D eigenvalue weighted by Gasteiger charge is 2.18. The van der Waals surface area contributed by atoms with E-state index in [1.165, 1.54) is 0 Å². The molecule has 0 aliphatic rings. The Kier molecular flexibility index (Phi) is 3.82. The van der Waals surface area contributed by atoms with E-state index in [1.807, 2.05) is 13.8 Å². The molecule has 18 heavy (non-hydrogen) atoms. The summed E-state index contributed by atoms with van der Waals surface area (Å²) in [6, 6.07) is 5.07. The number of hydrogen-bond acceptors (Lipinski definition) is 2. The molecule has 96 valence electrons. The van der Waals surface area contributed by atoms with Gasteiger partial charge in [-0.15, -0.1) is 0 Å². The number of hydrogen-bond donors (Lipinski definition) is 1. The van der Waals surface area contributed by atoms with Crippen molar-refractivity contribution in [2.45, 2.75) is 26.0 Å². The molecule has 0 radical (unpaired) electrons. The van der Waals surface area contributed by atoms with E-state index >= 15 is 0 Å². The van der Waals surface area contributed by atoms with E-state index in [9.17, 15) is 9.50 Å². The second-order valence-corrected chi connectivity index (χ2v) is 5.25. The molecule has 2 rings (SSSR count). The Labute approximate surface area is 113 Å². The summed E-state index contributed by atoms with van der Waals surface area (Å²) in [4.78, 5) is 0. The Hall–Kier alpha value is -1.20. The lowest BCUT2D eigenvalue weighted by Gasteiger charge is -2.11. The van der Waals surface area contributed by atoms with Crippen molar-refractivity contribution in [3.8, 4) is 0 Å². The third-order valence-electron chi connectivity index (χ3n) is 2.74. The summed E-state index contributed by atoms with van der Waals surface area (Å²) in [5.41, 5.74) is 0.827. The van der Waals surface area contributed by atoms with Gasteiger partial charge in [-0.3, -0.25) is 4.68 Å². The van der Waals surface area contributed by atoms with E-state index < -0.39 is 11.9 Å². The molecule has 1 unspecified atom stereocenters. The maximum atomic E-state index is 13.9. The molecule has 5 heteroatoms. The Bertz CT molecular complexity index is 554. The molecule has 0 amide bonds. The lowest BCUT2D eigenvalue weighted by molar-refractivity contribution is 0.214. The Morgan fingerprint density at radius 1 is 1.39 bits per heavy atom. The van der Waals surface area contributed by atoms with Crippen molar-refractivity contribution >= 4 is 15.9 Å². The zero-order valence-electron chi connectivity index (χ0n) is 10.1. The number of rotatable bonds is 3. The molecule has 1 heterocycles. The van der Waals surface area contributed by atoms with E-state index in [4.69, 9.17) is 0 Å². The molecule has 0 aliphatic carbocycles. The zero-order valence-corrected chi connectivity index (χ0v) is 11.7. The highest BCUT2D eigenvalue weighted by atomic mass is 79.9. The van der Waals surface area contributed by atoms with Gasteiger partial charge >= 0.3 is 0 Å². The standard InChI is InChI=1S/C13H14BrFN2O/c1-8(2)17-7-9(6-16-17)13(18)10-4-3-5-11(14)12(10)15/h3-8,13,18H,1-2H3. The van der Waals surface area contributed by atoms with E-state index in [1.54, 1.807) is 35.3 Å². The quantitative estimate of drug-likeness (QED) is 0.942. The smallest absolute Gasteiger partial charge is 0.143 e. The van der Waals surface area contributed by atoms with Gasteiger partial charge in [0.15, 0.2) is 0 Å². The number of aliphatic hydroxyl groups is 1. The molecule has 0 bridgehead atoms. The minimum Gasteiger partial charge on any atom is -0.383 e. The molecule has 1 N–H and O–H groups in total. The van der Waals surface area contributed by atoms with Gasteiger partial charge in [-0.25, -0.2) is 4.39 Å². The number of halogens is 2. The van der Waals surface area contributed by atoms with Crippen LogP contribution in [0, 0.1) is 5.82 Å². The molecule has 1 aromatic carbocycles. The summed E-state index contributed by atoms with van der Waals surface area (Å²) < 4.78 is 15.9. The average Bonchev–Trinajstić information content (AvgIpc) is 2.81. The third-order valence-corrected chi connectivity index (χ3v) is 3.35. The number of benzene rings is 1. The van der Waals surface area contributed by atoms with Crippen LogP contribution in [-0.4, -0.2) is 14.9 Å². The van der Waals surface area contributed by atoms with Crippen LogP contribution in [0.2, 0.25) is 0 Å². The monoisotopic (exact) mass is 312 g/mol. The van der Waals surface area contributed by atoms with Crippen molar-refractivity contribution in [2.75, 3.05) is 0 Å². The fraction of sp³-hybridized carbons (Fsp3) is 0.308. The molecule has 1 aromatic heterocycles. The van der Waals surface area contributed by atoms with Gasteiger partial charge in [-0.2, -0.15) is 5.10 Å². The van der Waals surface area contributed by atoms with Crippen LogP contribution in [0.1, 0.15) is 37.1 Å². The maximum absolute atomic E-state index is 13.9. The third kappa shape index (κ3) is 2.47. The van der Waals surface area contributed by atoms with Crippen molar-refractivity contribution in [3.63, 3.8) is 0 Å². The van der Waals surface area contributed by atoms with E-state index in [0.29, 0.717) is 10.0 Å². The number of nitrogens with zero attached hydrogens (tertiary/aromatic N) is 2. The summed E-state index contributed by atoms with van der Waals surface area (Å²) in [5.74, 6) is -0.442. The number of aromatic nitrogens is 2. The van der Waals surface area contributed by atoms with Gasteiger partial charge in [-0.1, -0.05) is 12.1 Å². The van der Waals surface area contributed by atoms with Crippen LogP contribution < -0.4 is 0 Å². The van der Waals surface area contributed by atoms with Crippen molar-refractivity contribution < 1.29 is 9.50 Å². The first kappa shape index (κ1) is 13.2. The summed E-state index contributed by atoms with van der Waals surface area (Å²) >= 11 is 3.11. The maximum Gasteiger partial charge on any atom is 0.143 e. The van der Waals surface area contributed by atoms with Crippen LogP contribution in [0.3, 0.4) is 0 Å². The lowest BCUT2D eigenvalue weighted by atomic mass is 10.0. The number of aliphatic hydroxyl groups excluding tert-OH is 1. The molecule has 0 spiro atoms. The molecular formula is C13H14BrFN2O. The molecule has 2 aromatic rings. The van der Waals surface area contributed by atoms with Crippen LogP contribution in [0.25, 0.3) is 0 Å². The van der Waals surface area contributed by atoms with Gasteiger partial charge < -0.3 is 5.11 Å². The summed E-state index contributed by atoms with van der Waals surface area (Å²) in [6.07, 6.45) is 2.29. The second kappa shape index (κ2) is 5.20. The van der Waals surface area contributed by atoms with Crippen LogP contribution in [0.4, 0.5) is 4.39 Å². The van der Waals surface area contributed by atoms with Gasteiger partial charge in [0.05, 0.1) is 10.7 Å². The van der Waals surface area contributed by atoms with Gasteiger partial charge in [0.2, 0.25) is 0 Å². The molecule has 0 aliphatic heterocycles. The predicted molar refractivity (Wildman–Crippen MR) is 70.8 cm³/mol. The Morgan fingerprint density at radius 3 is 2.72 bits per heavy atom. The first-order valence-electron chi connectivity index (χ1n) is 5.66. The topological polar surface area (TPSA) is 38.0 Å². The highest BCUT2D eigenvalue weighted by Crippen LogP contribution is 2.28. The zero-order chi connectivity index (χ0) is 13.3. The van der Waals surface area contributed by atoms with E-state index in [0.717, 1.165) is 0 Å². The molecule has 1 atom stereocenters. The van der Waals surface area contributed by atoms with Gasteiger partial charge in [-0.05, 0) is 35.8 Å². The second-order valence-electron chi connectivity index (χ2n) is 4.39. The normalized spacial score (nSPS) is 13.0. The van der Waals surface area contributed by atoms with E-state index in [-0.39, 0.29) is 11.6 Å². The van der Waals surface area contributed by atoms with Crippen molar-refractivity contribution in [1.29, 1.82) is 0 Å². The SMILES string of the molecule is CC(C)n1cc(C(O)c2cccc(Br)c2F)cn1. The molecule has 0 saturated heterocycles. The minimum absolute atomic E-state index is 0.207. The predicted octanol–water partition coefficient (Wildman–Crippen LogP) is 3.45. The minimum atomic E-state index is -1.00. The van der Waals surface area contributed by atoms with Gasteiger partial charge in [0, 0.05) is 23.4 Å². The average molecular weight is 313 g/mol. The first-order valence-corrected chi connectivity index (χ1v) is 6.46. The first-order chi connectivity index (χ1) is 8.50. The Morgan fingerprint density at radius 2 is 2.11 bits per heavy atom. The van der Waals surface area contributed by atoms with Gasteiger partial charge in [0.1, 0.15) is 11.9 Å². The lowest BCUT2D eigenvalue weighted by Crippen LogP contribution is -2.03. The van der Waals surface area contributed by atoms with Crippen LogP contribution in [0.5, 0.6) is 0 Å². The van der Waals surface area contributed by atoms with Crippen molar-refractivity contribution in [1.82, 2.24) is 9.78 Å². The van der Waals surface area contributed by atoms with Crippen molar-refractivity contribution in [3.05, 3.63) is 52.0 Å². The van der Waals surface area contributed by atoms with Crippen LogP contribution in [-0.2, 0) is 0 Å². The van der Waals surface area contributed by atoms with Crippen LogP contribution in [0.15, 0.2) is 35.1 Å². The largest absolute Gasteiger partial charge is 0.383 e. The molecular weight excluding hydrogens is 299 g/mol. The Balaban J connectivity index is 2.35. The molecule has 3 nitrogen and oxygen atoms in total. The summed E-state index contributed by atoms with van der Waals surface area (Å²) in [7, 11) is 0. The van der Waals surface area contributed by atoms with Crippen molar-refractivity contribution in [2.24, 2.45) is 0 Å². The van der Waals surface area contributed by atoms with Crippen LogP contribution >= 0.6 is 15.9 Å². The fourth-order valence-corrected chi connectivity index (χ4v) is 2.07. The molecule has 0 fully saturated rings. The van der Waals surface area contributed by atoms with E-state index in [2.05, 4.69) is 21.0 Å². The summed E-state index contributed by atoms with van der Waals surface area (Å²) in [5, 5.41) is 14.3.